The monoisotopic (exact) mass is 902 g/mol. The highest BCUT2D eigenvalue weighted by atomic mass is 16.5. The molecule has 4 aromatic heterocycles. The zero-order chi connectivity index (χ0) is 46.2. The fourth-order valence-electron chi connectivity index (χ4n) is 13.9. The number of rotatable bonds is 2. The summed E-state index contributed by atoms with van der Waals surface area (Å²) in [4.78, 5) is 10.7. The average molecular weight is 903 g/mol. The van der Waals surface area contributed by atoms with Crippen molar-refractivity contribution in [2.75, 3.05) is 0 Å². The summed E-state index contributed by atoms with van der Waals surface area (Å²) in [5.74, 6) is 1.67. The Kier molecular flexibility index (Phi) is 7.03. The molecule has 5 heterocycles. The van der Waals surface area contributed by atoms with Crippen LogP contribution in [-0.2, 0) is 10.8 Å². The molecule has 1 unspecified atom stereocenters. The lowest BCUT2D eigenvalue weighted by atomic mass is 9.65. The van der Waals surface area contributed by atoms with Crippen molar-refractivity contribution in [2.45, 2.75) is 10.8 Å². The van der Waals surface area contributed by atoms with E-state index >= 15 is 0 Å². The van der Waals surface area contributed by atoms with Gasteiger partial charge in [0.25, 0.3) is 0 Å². The van der Waals surface area contributed by atoms with Gasteiger partial charge in [0.05, 0.1) is 56.2 Å². The van der Waals surface area contributed by atoms with Gasteiger partial charge in [-0.3, -0.25) is 9.97 Å². The normalized spacial score (nSPS) is 15.9. The van der Waals surface area contributed by atoms with Crippen LogP contribution < -0.4 is 4.74 Å². The molecule has 5 heteroatoms. The van der Waals surface area contributed by atoms with Crippen molar-refractivity contribution in [3.63, 3.8) is 0 Å². The Morgan fingerprint density at radius 2 is 0.930 bits per heavy atom. The van der Waals surface area contributed by atoms with Gasteiger partial charge in [-0.15, -0.1) is 0 Å². The lowest BCUT2D eigenvalue weighted by Gasteiger charge is -2.40. The van der Waals surface area contributed by atoms with Gasteiger partial charge in [0.15, 0.2) is 0 Å². The van der Waals surface area contributed by atoms with Crippen LogP contribution in [0.3, 0.4) is 0 Å². The molecule has 0 bridgehead atoms. The molecule has 3 aliphatic carbocycles. The number of ether oxygens (including phenoxy) is 1. The topological polar surface area (TPSA) is 44.9 Å². The van der Waals surface area contributed by atoms with E-state index in [1.54, 1.807) is 0 Å². The molecule has 0 amide bonds. The number of fused-ring (bicyclic) bond motifs is 26. The first-order valence-corrected chi connectivity index (χ1v) is 24.5. The summed E-state index contributed by atoms with van der Waals surface area (Å²) in [6, 6.07) is 80.3. The van der Waals surface area contributed by atoms with Crippen molar-refractivity contribution < 1.29 is 4.74 Å². The Morgan fingerprint density at radius 1 is 0.338 bits per heavy atom. The third-order valence-electron chi connectivity index (χ3n) is 16.5. The Labute approximate surface area is 408 Å². The number of para-hydroxylation sites is 4. The minimum atomic E-state index is -0.825. The van der Waals surface area contributed by atoms with E-state index in [1.807, 2.05) is 6.20 Å². The Balaban J connectivity index is 0.987. The molecule has 71 heavy (non-hydrogen) atoms. The second kappa shape index (κ2) is 13.3. The number of aromatic nitrogens is 4. The van der Waals surface area contributed by atoms with Crippen LogP contribution in [0.1, 0.15) is 44.5 Å². The van der Waals surface area contributed by atoms with Crippen molar-refractivity contribution in [3.05, 3.63) is 275 Å². The largest absolute Gasteiger partial charge is 0.457 e. The van der Waals surface area contributed by atoms with Crippen LogP contribution in [0.25, 0.3) is 88.6 Å². The Bertz CT molecular complexity index is 4480. The van der Waals surface area contributed by atoms with Crippen LogP contribution in [0.15, 0.2) is 231 Å². The van der Waals surface area contributed by atoms with Gasteiger partial charge in [-0.1, -0.05) is 158 Å². The number of hydrogen-bond donors (Lipinski definition) is 0. The van der Waals surface area contributed by atoms with Gasteiger partial charge in [0.1, 0.15) is 11.5 Å². The fourth-order valence-corrected chi connectivity index (χ4v) is 13.9. The van der Waals surface area contributed by atoms with Crippen molar-refractivity contribution in [1.82, 2.24) is 19.1 Å². The Hall–Kier alpha value is -9.32. The van der Waals surface area contributed by atoms with Crippen molar-refractivity contribution >= 4 is 43.6 Å². The summed E-state index contributed by atoms with van der Waals surface area (Å²) >= 11 is 0. The van der Waals surface area contributed by atoms with Crippen LogP contribution in [0.2, 0.25) is 0 Å². The predicted octanol–water partition coefficient (Wildman–Crippen LogP) is 15.5. The van der Waals surface area contributed by atoms with E-state index in [4.69, 9.17) is 14.7 Å². The summed E-state index contributed by atoms with van der Waals surface area (Å²) in [6.45, 7) is 0. The van der Waals surface area contributed by atoms with Gasteiger partial charge in [0, 0.05) is 50.1 Å². The molecule has 1 atom stereocenters. The van der Waals surface area contributed by atoms with Crippen molar-refractivity contribution in [3.8, 4) is 56.5 Å². The van der Waals surface area contributed by atoms with E-state index < -0.39 is 10.8 Å². The molecular weight excluding hydrogens is 865 g/mol. The lowest BCUT2D eigenvalue weighted by Crippen LogP contribution is -2.33. The predicted molar refractivity (Wildman–Crippen MR) is 284 cm³/mol. The Morgan fingerprint density at radius 3 is 1.69 bits per heavy atom. The molecular formula is C66H38N4O. The summed E-state index contributed by atoms with van der Waals surface area (Å²) in [6.07, 6.45) is 3.98. The second-order valence-corrected chi connectivity index (χ2v) is 19.5. The van der Waals surface area contributed by atoms with E-state index in [0.29, 0.717) is 0 Å². The molecule has 328 valence electrons. The molecule has 0 saturated heterocycles. The zero-order valence-electron chi connectivity index (χ0n) is 38.1. The molecule has 9 aromatic carbocycles. The van der Waals surface area contributed by atoms with Gasteiger partial charge >= 0.3 is 0 Å². The quantitative estimate of drug-likeness (QED) is 0.174. The second-order valence-electron chi connectivity index (χ2n) is 19.5. The molecule has 0 N–H and O–H groups in total. The van der Waals surface area contributed by atoms with Crippen LogP contribution in [0.5, 0.6) is 11.5 Å². The summed E-state index contributed by atoms with van der Waals surface area (Å²) in [5, 5.41) is 4.80. The molecule has 0 radical (unpaired) electrons. The average Bonchev–Trinajstić information content (AvgIpc) is 4.20. The maximum Gasteiger partial charge on any atom is 0.132 e. The van der Waals surface area contributed by atoms with E-state index in [-0.39, 0.29) is 0 Å². The standard InChI is InChI=1S/C66H38N4O/c1-2-17-39(18-3-1)69-57-30-14-8-23-46(57)61-58(69)33-32-45-44-22-7-13-29-56(44)70(64(45)61)40-35-55-63(68-38-40)62-52(28-16-34-67-62)66(55)51-27-12-15-31-59(51)71-60-37-53-47(36-54(60)66)43-21-6-11-26-50(43)65(53)48-24-9-4-19-41(48)42-20-5-10-25-49(42)65/h1-38H. The molecule has 4 aliphatic rings. The number of nitrogens with zero attached hydrogens (tertiary/aromatic N) is 4. The van der Waals surface area contributed by atoms with E-state index in [1.165, 1.54) is 71.6 Å². The first-order chi connectivity index (χ1) is 35.2. The lowest BCUT2D eigenvalue weighted by molar-refractivity contribution is 0.435. The first kappa shape index (κ1) is 37.6. The molecule has 13 aromatic rings. The minimum Gasteiger partial charge on any atom is -0.457 e. The molecule has 5 nitrogen and oxygen atoms in total. The molecule has 0 fully saturated rings. The molecule has 1 aliphatic heterocycles. The molecule has 2 spiro atoms. The van der Waals surface area contributed by atoms with Gasteiger partial charge < -0.3 is 13.9 Å². The molecule has 17 rings (SSSR count). The zero-order valence-corrected chi connectivity index (χ0v) is 38.1. The number of pyridine rings is 2. The summed E-state index contributed by atoms with van der Waals surface area (Å²) in [7, 11) is 0. The third kappa shape index (κ3) is 4.41. The summed E-state index contributed by atoms with van der Waals surface area (Å²) in [5.41, 5.74) is 21.7. The van der Waals surface area contributed by atoms with Gasteiger partial charge in [-0.2, -0.15) is 0 Å². The highest BCUT2D eigenvalue weighted by Gasteiger charge is 2.56. The van der Waals surface area contributed by atoms with E-state index in [2.05, 4.69) is 234 Å². The highest BCUT2D eigenvalue weighted by Crippen LogP contribution is 2.67. The van der Waals surface area contributed by atoms with Gasteiger partial charge in [0.2, 0.25) is 0 Å². The number of benzene rings is 9. The highest BCUT2D eigenvalue weighted by molar-refractivity contribution is 6.26. The van der Waals surface area contributed by atoms with Crippen molar-refractivity contribution in [1.29, 1.82) is 0 Å². The van der Waals surface area contributed by atoms with Crippen LogP contribution in [-0.4, -0.2) is 19.1 Å². The molecule has 0 saturated carbocycles. The van der Waals surface area contributed by atoms with E-state index in [0.717, 1.165) is 73.1 Å². The third-order valence-corrected chi connectivity index (χ3v) is 16.5. The van der Waals surface area contributed by atoms with Crippen LogP contribution in [0, 0.1) is 0 Å². The van der Waals surface area contributed by atoms with Crippen LogP contribution >= 0.6 is 0 Å². The fraction of sp³-hybridized carbons (Fsp3) is 0.0303. The maximum atomic E-state index is 7.29. The minimum absolute atomic E-state index is 0.519. The number of hydrogen-bond acceptors (Lipinski definition) is 3. The maximum absolute atomic E-state index is 7.29. The first-order valence-electron chi connectivity index (χ1n) is 24.5. The SMILES string of the molecule is c1ccc(-n2c3ccccc3c3c2ccc2c4ccccc4n(-c4cnc5c(c4)C4(c6ccccc6Oc6cc7c(cc64)-c4ccccc4C74c6ccccc6-c6ccccc64)c4cccnc4-5)c23)cc1. The van der Waals surface area contributed by atoms with Gasteiger partial charge in [-0.25, -0.2) is 0 Å². The smallest absolute Gasteiger partial charge is 0.132 e. The van der Waals surface area contributed by atoms with Crippen molar-refractivity contribution in [2.24, 2.45) is 0 Å². The summed E-state index contributed by atoms with van der Waals surface area (Å²) < 4.78 is 12.2. The van der Waals surface area contributed by atoms with Crippen LogP contribution in [0.4, 0.5) is 0 Å². The van der Waals surface area contributed by atoms with E-state index in [9.17, 15) is 0 Å². The van der Waals surface area contributed by atoms with Gasteiger partial charge in [-0.05, 0) is 111 Å².